The fourth-order valence-electron chi connectivity index (χ4n) is 2.28. The molecule has 0 radical (unpaired) electrons. The summed E-state index contributed by atoms with van der Waals surface area (Å²) in [7, 11) is 0. The van der Waals surface area contributed by atoms with Gasteiger partial charge in [-0.3, -0.25) is 0 Å². The highest BCUT2D eigenvalue weighted by Gasteiger charge is 2.36. The maximum Gasteiger partial charge on any atom is 0.335 e. The quantitative estimate of drug-likeness (QED) is 0.744. The van der Waals surface area contributed by atoms with Gasteiger partial charge < -0.3 is 15.7 Å². The molecule has 0 aliphatic heterocycles. The second kappa shape index (κ2) is 6.41. The highest BCUT2D eigenvalue weighted by atomic mass is 16.4. The molecule has 2 amide bonds. The van der Waals surface area contributed by atoms with Crippen LogP contribution >= 0.6 is 0 Å². The summed E-state index contributed by atoms with van der Waals surface area (Å²) >= 11 is 0. The Bertz CT molecular complexity index is 502. The van der Waals surface area contributed by atoms with Crippen LogP contribution in [0.15, 0.2) is 24.3 Å². The maximum atomic E-state index is 11.6. The summed E-state index contributed by atoms with van der Waals surface area (Å²) in [5.74, 6) is -0.301. The first kappa shape index (κ1) is 14.4. The number of hydrogen-bond donors (Lipinski definition) is 3. The minimum absolute atomic E-state index is 0.139. The number of aromatic carboxylic acids is 1. The third-order valence-corrected chi connectivity index (χ3v) is 3.64. The number of hydrogen-bond acceptors (Lipinski definition) is 2. The number of urea groups is 1. The fraction of sp³-hybridized carbons (Fsp3) is 0.467. The van der Waals surface area contributed by atoms with E-state index in [1.54, 1.807) is 18.2 Å². The van der Waals surface area contributed by atoms with E-state index in [1.165, 1.54) is 0 Å². The first-order chi connectivity index (χ1) is 9.60. The molecule has 1 aliphatic carbocycles. The number of amides is 2. The van der Waals surface area contributed by atoms with E-state index in [4.69, 9.17) is 5.11 Å². The van der Waals surface area contributed by atoms with Gasteiger partial charge in [0.15, 0.2) is 0 Å². The van der Waals surface area contributed by atoms with Crippen molar-refractivity contribution in [3.63, 3.8) is 0 Å². The van der Waals surface area contributed by atoms with Crippen LogP contribution in [0.3, 0.4) is 0 Å². The van der Waals surface area contributed by atoms with Crippen LogP contribution in [0.4, 0.5) is 4.79 Å². The predicted molar refractivity (Wildman–Crippen MR) is 75.8 cm³/mol. The summed E-state index contributed by atoms with van der Waals surface area (Å²) in [5, 5.41) is 14.6. The summed E-state index contributed by atoms with van der Waals surface area (Å²) < 4.78 is 0. The molecule has 2 unspecified atom stereocenters. The molecule has 108 valence electrons. The van der Waals surface area contributed by atoms with E-state index in [2.05, 4.69) is 17.6 Å². The Morgan fingerprint density at radius 1 is 1.40 bits per heavy atom. The molecule has 0 saturated heterocycles. The fourth-order valence-corrected chi connectivity index (χ4v) is 2.28. The van der Waals surface area contributed by atoms with Crippen LogP contribution in [-0.4, -0.2) is 29.7 Å². The van der Waals surface area contributed by atoms with Crippen LogP contribution in [0.2, 0.25) is 0 Å². The molecule has 1 fully saturated rings. The zero-order chi connectivity index (χ0) is 14.5. The lowest BCUT2D eigenvalue weighted by molar-refractivity contribution is 0.0696. The van der Waals surface area contributed by atoms with E-state index in [0.29, 0.717) is 24.9 Å². The summed E-state index contributed by atoms with van der Waals surface area (Å²) in [5.41, 5.74) is 1.18. The van der Waals surface area contributed by atoms with Gasteiger partial charge in [0.2, 0.25) is 0 Å². The van der Waals surface area contributed by atoms with Crippen molar-refractivity contribution in [2.45, 2.75) is 32.2 Å². The second-order valence-corrected chi connectivity index (χ2v) is 5.17. The topological polar surface area (TPSA) is 78.4 Å². The van der Waals surface area contributed by atoms with Gasteiger partial charge in [-0.25, -0.2) is 9.59 Å². The van der Waals surface area contributed by atoms with Gasteiger partial charge >= 0.3 is 12.0 Å². The van der Waals surface area contributed by atoms with E-state index >= 15 is 0 Å². The van der Waals surface area contributed by atoms with Gasteiger partial charge in [0.1, 0.15) is 0 Å². The van der Waals surface area contributed by atoms with Crippen LogP contribution in [0.5, 0.6) is 0 Å². The first-order valence-electron chi connectivity index (χ1n) is 6.96. The molecule has 1 aromatic carbocycles. The van der Waals surface area contributed by atoms with Crippen molar-refractivity contribution in [2.24, 2.45) is 5.92 Å². The van der Waals surface area contributed by atoms with Gasteiger partial charge in [0.05, 0.1) is 5.56 Å². The molecule has 5 heteroatoms. The minimum atomic E-state index is -0.933. The Morgan fingerprint density at radius 3 is 2.85 bits per heavy atom. The van der Waals surface area contributed by atoms with Crippen molar-refractivity contribution in [2.75, 3.05) is 6.54 Å². The monoisotopic (exact) mass is 276 g/mol. The number of carbonyl (C=O) groups excluding carboxylic acids is 1. The Hall–Kier alpha value is -2.04. The average Bonchev–Trinajstić information content (AvgIpc) is 3.17. The predicted octanol–water partition coefficient (Wildman–Crippen LogP) is 2.02. The molecule has 20 heavy (non-hydrogen) atoms. The molecule has 3 N–H and O–H groups in total. The largest absolute Gasteiger partial charge is 0.478 e. The van der Waals surface area contributed by atoms with E-state index in [-0.39, 0.29) is 11.6 Å². The third kappa shape index (κ3) is 3.98. The molecule has 5 nitrogen and oxygen atoms in total. The van der Waals surface area contributed by atoms with E-state index < -0.39 is 5.97 Å². The second-order valence-electron chi connectivity index (χ2n) is 5.17. The van der Waals surface area contributed by atoms with Gasteiger partial charge in [-0.05, 0) is 36.5 Å². The molecule has 0 aromatic heterocycles. The van der Waals surface area contributed by atoms with E-state index in [9.17, 15) is 9.59 Å². The molecule has 0 bridgehead atoms. The van der Waals surface area contributed by atoms with Crippen molar-refractivity contribution in [3.05, 3.63) is 35.4 Å². The van der Waals surface area contributed by atoms with Crippen molar-refractivity contribution < 1.29 is 14.7 Å². The first-order valence-corrected chi connectivity index (χ1v) is 6.96. The average molecular weight is 276 g/mol. The number of carboxylic acid groups (broad SMARTS) is 1. The summed E-state index contributed by atoms with van der Waals surface area (Å²) in [4.78, 5) is 22.4. The zero-order valence-corrected chi connectivity index (χ0v) is 11.6. The van der Waals surface area contributed by atoms with Gasteiger partial charge in [-0.15, -0.1) is 0 Å². The van der Waals surface area contributed by atoms with Crippen LogP contribution in [-0.2, 0) is 6.42 Å². The van der Waals surface area contributed by atoms with Gasteiger partial charge in [-0.2, -0.15) is 0 Å². The van der Waals surface area contributed by atoms with Gasteiger partial charge in [-0.1, -0.05) is 25.5 Å². The van der Waals surface area contributed by atoms with Crippen LogP contribution in [0.1, 0.15) is 35.7 Å². The third-order valence-electron chi connectivity index (χ3n) is 3.64. The lowest BCUT2D eigenvalue weighted by Gasteiger charge is -2.07. The maximum absolute atomic E-state index is 11.6. The van der Waals surface area contributed by atoms with Crippen LogP contribution in [0.25, 0.3) is 0 Å². The number of rotatable bonds is 6. The van der Waals surface area contributed by atoms with Crippen molar-refractivity contribution in [1.29, 1.82) is 0 Å². The molecule has 1 saturated carbocycles. The molecular formula is C15H20N2O3. The van der Waals surface area contributed by atoms with Crippen molar-refractivity contribution in [1.82, 2.24) is 10.6 Å². The molecule has 0 spiro atoms. The van der Waals surface area contributed by atoms with Gasteiger partial charge in [0.25, 0.3) is 0 Å². The SMILES string of the molecule is CCC1CC1NC(=O)NCCc1cccc(C(=O)O)c1. The lowest BCUT2D eigenvalue weighted by atomic mass is 10.1. The molecule has 1 aromatic rings. The summed E-state index contributed by atoms with van der Waals surface area (Å²) in [6.45, 7) is 2.62. The van der Waals surface area contributed by atoms with Crippen molar-refractivity contribution >= 4 is 12.0 Å². The minimum Gasteiger partial charge on any atom is -0.478 e. The van der Waals surface area contributed by atoms with E-state index in [0.717, 1.165) is 18.4 Å². The number of benzene rings is 1. The smallest absolute Gasteiger partial charge is 0.335 e. The molecular weight excluding hydrogens is 256 g/mol. The number of nitrogens with one attached hydrogen (secondary N) is 2. The Morgan fingerprint density at radius 2 is 2.20 bits per heavy atom. The van der Waals surface area contributed by atoms with Crippen molar-refractivity contribution in [3.8, 4) is 0 Å². The zero-order valence-electron chi connectivity index (χ0n) is 11.6. The summed E-state index contributed by atoms with van der Waals surface area (Å²) in [6, 6.07) is 6.96. The number of carboxylic acids is 1. The molecule has 1 aliphatic rings. The highest BCUT2D eigenvalue weighted by molar-refractivity contribution is 5.87. The summed E-state index contributed by atoms with van der Waals surface area (Å²) in [6.07, 6.45) is 2.80. The van der Waals surface area contributed by atoms with Crippen LogP contribution in [0, 0.1) is 5.92 Å². The number of carbonyl (C=O) groups is 2. The molecule has 2 atom stereocenters. The lowest BCUT2D eigenvalue weighted by Crippen LogP contribution is -2.38. The molecule has 2 rings (SSSR count). The Kier molecular flexibility index (Phi) is 4.61. The Labute approximate surface area is 118 Å². The Balaban J connectivity index is 1.71. The van der Waals surface area contributed by atoms with Crippen LogP contribution < -0.4 is 10.6 Å². The highest BCUT2D eigenvalue weighted by Crippen LogP contribution is 2.32. The van der Waals surface area contributed by atoms with E-state index in [1.807, 2.05) is 6.07 Å². The molecule has 0 heterocycles. The standard InChI is InChI=1S/C15H20N2O3/c1-2-11-9-13(11)17-15(20)16-7-6-10-4-3-5-12(8-10)14(18)19/h3-5,8,11,13H,2,6-7,9H2,1H3,(H,18,19)(H2,16,17,20). The van der Waals surface area contributed by atoms with Gasteiger partial charge in [0, 0.05) is 12.6 Å². The normalized spacial score (nSPS) is 20.2.